The van der Waals surface area contributed by atoms with Gasteiger partial charge in [-0.25, -0.2) is 4.68 Å². The Morgan fingerprint density at radius 2 is 2.11 bits per heavy atom. The zero-order chi connectivity index (χ0) is 18.9. The highest BCUT2D eigenvalue weighted by Crippen LogP contribution is 2.33. The first-order valence-electron chi connectivity index (χ1n) is 8.08. The lowest BCUT2D eigenvalue weighted by Crippen LogP contribution is -2.41. The number of carbonyl (C=O) groups is 1. The summed E-state index contributed by atoms with van der Waals surface area (Å²) in [5.74, 6) is 1.00. The molecule has 148 valence electrons. The molecule has 0 saturated carbocycles. The summed E-state index contributed by atoms with van der Waals surface area (Å²) >= 11 is 1.58. The molecule has 1 fully saturated rings. The summed E-state index contributed by atoms with van der Waals surface area (Å²) in [7, 11) is 0. The number of nitrogens with one attached hydrogen (secondary N) is 2. The molecule has 2 heterocycles. The minimum Gasteiger partial charge on any atom is -0.351 e. The molecule has 1 atom stereocenters. The summed E-state index contributed by atoms with van der Waals surface area (Å²) in [6, 6.07) is 5.49. The molecule has 1 saturated heterocycles. The third-order valence-corrected chi connectivity index (χ3v) is 5.08. The summed E-state index contributed by atoms with van der Waals surface area (Å²) in [5.41, 5.74) is 1.08. The van der Waals surface area contributed by atoms with Gasteiger partial charge >= 0.3 is 6.18 Å². The molecule has 2 aromatic rings. The number of carbonyl (C=O) groups excluding carboxylic acids is 1. The highest BCUT2D eigenvalue weighted by Gasteiger charge is 2.34. The van der Waals surface area contributed by atoms with Crippen LogP contribution in [-0.2, 0) is 17.5 Å². The zero-order valence-corrected chi connectivity index (χ0v) is 16.4. The van der Waals surface area contributed by atoms with Crippen LogP contribution in [0.2, 0.25) is 0 Å². The Labute approximate surface area is 165 Å². The number of hydrogen-bond donors (Lipinski definition) is 2. The first-order valence-corrected chi connectivity index (χ1v) is 9.24. The third kappa shape index (κ3) is 4.97. The average Bonchev–Trinajstić information content (AvgIpc) is 3.21. The van der Waals surface area contributed by atoms with Crippen LogP contribution in [0.5, 0.6) is 0 Å². The van der Waals surface area contributed by atoms with Gasteiger partial charge in [-0.1, -0.05) is 6.07 Å². The standard InChI is InChI=1S/C17H19F3N4OS.ClH/c1-10-5-11(2)24(23-10)13-4-3-12(14(6-13)17(18,19)20)7-21-16(25)15-8-26-9-22-15;/h3-6,15,22H,7-9H2,1-2H3,(H,21,25);1H. The minimum atomic E-state index is -4.52. The van der Waals surface area contributed by atoms with Crippen molar-refractivity contribution in [1.82, 2.24) is 20.4 Å². The summed E-state index contributed by atoms with van der Waals surface area (Å²) in [5, 5.41) is 9.81. The van der Waals surface area contributed by atoms with E-state index in [0.717, 1.165) is 17.5 Å². The van der Waals surface area contributed by atoms with Gasteiger partial charge in [-0.15, -0.1) is 24.2 Å². The monoisotopic (exact) mass is 420 g/mol. The quantitative estimate of drug-likeness (QED) is 0.797. The van der Waals surface area contributed by atoms with Crippen molar-refractivity contribution in [2.24, 2.45) is 0 Å². The molecule has 1 amide bonds. The second-order valence-electron chi connectivity index (χ2n) is 6.17. The highest BCUT2D eigenvalue weighted by molar-refractivity contribution is 7.99. The van der Waals surface area contributed by atoms with E-state index in [4.69, 9.17) is 0 Å². The van der Waals surface area contributed by atoms with Crippen LogP contribution in [0.1, 0.15) is 22.5 Å². The van der Waals surface area contributed by atoms with E-state index >= 15 is 0 Å². The maximum absolute atomic E-state index is 13.5. The molecule has 1 aliphatic heterocycles. The van der Waals surface area contributed by atoms with Gasteiger partial charge in [-0.2, -0.15) is 18.3 Å². The van der Waals surface area contributed by atoms with E-state index in [-0.39, 0.29) is 36.5 Å². The first kappa shape index (κ1) is 21.6. The predicted molar refractivity (Wildman–Crippen MR) is 101 cm³/mol. The Morgan fingerprint density at radius 1 is 1.37 bits per heavy atom. The van der Waals surface area contributed by atoms with Crippen LogP contribution in [0.3, 0.4) is 0 Å². The van der Waals surface area contributed by atoms with E-state index in [1.54, 1.807) is 37.7 Å². The van der Waals surface area contributed by atoms with E-state index in [1.165, 1.54) is 10.7 Å². The fourth-order valence-electron chi connectivity index (χ4n) is 2.87. The van der Waals surface area contributed by atoms with Crippen molar-refractivity contribution >= 4 is 30.1 Å². The van der Waals surface area contributed by atoms with E-state index in [0.29, 0.717) is 17.3 Å². The van der Waals surface area contributed by atoms with Gasteiger partial charge in [0.25, 0.3) is 0 Å². The topological polar surface area (TPSA) is 59.0 Å². The normalized spacial score (nSPS) is 16.9. The summed E-state index contributed by atoms with van der Waals surface area (Å²) in [6.07, 6.45) is -4.52. The van der Waals surface area contributed by atoms with Gasteiger partial charge < -0.3 is 5.32 Å². The van der Waals surface area contributed by atoms with Crippen molar-refractivity contribution in [3.63, 3.8) is 0 Å². The van der Waals surface area contributed by atoms with Crippen LogP contribution in [0.4, 0.5) is 13.2 Å². The number of aryl methyl sites for hydroxylation is 2. The Morgan fingerprint density at radius 3 is 2.67 bits per heavy atom. The predicted octanol–water partition coefficient (Wildman–Crippen LogP) is 3.21. The van der Waals surface area contributed by atoms with E-state index in [9.17, 15) is 18.0 Å². The zero-order valence-electron chi connectivity index (χ0n) is 14.8. The van der Waals surface area contributed by atoms with Crippen LogP contribution in [-0.4, -0.2) is 33.4 Å². The van der Waals surface area contributed by atoms with Gasteiger partial charge in [0, 0.05) is 23.9 Å². The lowest BCUT2D eigenvalue weighted by Gasteiger charge is -2.17. The third-order valence-electron chi connectivity index (χ3n) is 4.14. The summed E-state index contributed by atoms with van der Waals surface area (Å²) in [6.45, 7) is 3.40. The van der Waals surface area contributed by atoms with Crippen molar-refractivity contribution < 1.29 is 18.0 Å². The number of alkyl halides is 3. The fraction of sp³-hybridized carbons (Fsp3) is 0.412. The number of benzene rings is 1. The van der Waals surface area contributed by atoms with Crippen LogP contribution in [0, 0.1) is 13.8 Å². The molecule has 3 rings (SSSR count). The molecule has 27 heavy (non-hydrogen) atoms. The molecular formula is C17H20ClF3N4OS. The Bertz CT molecular complexity index is 819. The van der Waals surface area contributed by atoms with E-state index in [1.807, 2.05) is 0 Å². The van der Waals surface area contributed by atoms with Gasteiger partial charge in [0.2, 0.25) is 5.91 Å². The molecule has 1 aliphatic rings. The van der Waals surface area contributed by atoms with Gasteiger partial charge in [0.15, 0.2) is 0 Å². The summed E-state index contributed by atoms with van der Waals surface area (Å²) < 4.78 is 42.0. The van der Waals surface area contributed by atoms with E-state index in [2.05, 4.69) is 15.7 Å². The SMILES string of the molecule is Cc1cc(C)n(-c2ccc(CNC(=O)C3CSCN3)c(C(F)(F)F)c2)n1.Cl. The minimum absolute atomic E-state index is 0. The van der Waals surface area contributed by atoms with Gasteiger partial charge in [0.05, 0.1) is 23.0 Å². The maximum atomic E-state index is 13.5. The maximum Gasteiger partial charge on any atom is 0.416 e. The fourth-order valence-corrected chi connectivity index (χ4v) is 3.82. The number of aromatic nitrogens is 2. The van der Waals surface area contributed by atoms with Crippen molar-refractivity contribution in [1.29, 1.82) is 0 Å². The van der Waals surface area contributed by atoms with Crippen LogP contribution >= 0.6 is 24.2 Å². The van der Waals surface area contributed by atoms with Gasteiger partial charge in [-0.05, 0) is 37.6 Å². The second-order valence-corrected chi connectivity index (χ2v) is 7.20. The molecule has 0 spiro atoms. The van der Waals surface area contributed by atoms with Crippen molar-refractivity contribution in [3.8, 4) is 5.69 Å². The molecular weight excluding hydrogens is 401 g/mol. The van der Waals surface area contributed by atoms with Gasteiger partial charge in [-0.3, -0.25) is 10.1 Å². The Kier molecular flexibility index (Phi) is 6.82. The molecule has 10 heteroatoms. The van der Waals surface area contributed by atoms with E-state index < -0.39 is 11.7 Å². The molecule has 1 aromatic heterocycles. The molecule has 2 N–H and O–H groups in total. The van der Waals surface area contributed by atoms with Crippen molar-refractivity contribution in [2.45, 2.75) is 32.6 Å². The molecule has 5 nitrogen and oxygen atoms in total. The molecule has 0 aliphatic carbocycles. The van der Waals surface area contributed by atoms with Crippen LogP contribution < -0.4 is 10.6 Å². The largest absolute Gasteiger partial charge is 0.416 e. The number of hydrogen-bond acceptors (Lipinski definition) is 4. The Balaban J connectivity index is 0.00000261. The van der Waals surface area contributed by atoms with Crippen LogP contribution in [0.25, 0.3) is 5.69 Å². The number of halogens is 4. The number of nitrogens with zero attached hydrogens (tertiary/aromatic N) is 2. The van der Waals surface area contributed by atoms with Crippen molar-refractivity contribution in [3.05, 3.63) is 46.8 Å². The molecule has 0 radical (unpaired) electrons. The number of amides is 1. The highest BCUT2D eigenvalue weighted by atomic mass is 35.5. The van der Waals surface area contributed by atoms with Crippen molar-refractivity contribution in [2.75, 3.05) is 11.6 Å². The van der Waals surface area contributed by atoms with Gasteiger partial charge in [0.1, 0.15) is 0 Å². The summed E-state index contributed by atoms with van der Waals surface area (Å²) in [4.78, 5) is 12.0. The lowest BCUT2D eigenvalue weighted by atomic mass is 10.1. The molecule has 0 bridgehead atoms. The number of thioether (sulfide) groups is 1. The molecule has 1 aromatic carbocycles. The number of rotatable bonds is 4. The smallest absolute Gasteiger partial charge is 0.351 e. The first-order chi connectivity index (χ1) is 12.3. The lowest BCUT2D eigenvalue weighted by molar-refractivity contribution is -0.138. The second kappa shape index (κ2) is 8.53. The van der Waals surface area contributed by atoms with Crippen LogP contribution in [0.15, 0.2) is 24.3 Å². The molecule has 1 unspecified atom stereocenters. The Hall–Kier alpha value is -1.71. The average molecular weight is 421 g/mol.